The molecular formula is C17H25N5OS. The number of ether oxygens (including phenoxy) is 1. The van der Waals surface area contributed by atoms with Crippen molar-refractivity contribution in [3.63, 3.8) is 0 Å². The molecule has 2 aromatic rings. The number of piperidine rings is 1. The monoisotopic (exact) mass is 347 g/mol. The van der Waals surface area contributed by atoms with Crippen LogP contribution in [0.1, 0.15) is 38.1 Å². The highest BCUT2D eigenvalue weighted by molar-refractivity contribution is 7.13. The molecule has 4 rings (SSSR count). The molecule has 2 aromatic heterocycles. The standard InChI is InChI=1S/C17H25N5OS/c1-2-21-10-6-18-16(21)15-14(5-11-23-15)20-13-3-8-22(9-4-13)17-19-7-12-24-17/h6-7,10,12-15,20H,2-5,8-9,11H2,1H3/t14-,15-/m0/s1. The van der Waals surface area contributed by atoms with Gasteiger partial charge in [-0.1, -0.05) is 0 Å². The van der Waals surface area contributed by atoms with Crippen LogP contribution in [0, 0.1) is 0 Å². The van der Waals surface area contributed by atoms with Crippen molar-refractivity contribution in [1.29, 1.82) is 0 Å². The van der Waals surface area contributed by atoms with Gasteiger partial charge in [-0.2, -0.15) is 0 Å². The molecular weight excluding hydrogens is 322 g/mol. The van der Waals surface area contributed by atoms with Crippen molar-refractivity contribution in [1.82, 2.24) is 19.9 Å². The van der Waals surface area contributed by atoms with Gasteiger partial charge >= 0.3 is 0 Å². The predicted molar refractivity (Wildman–Crippen MR) is 95.5 cm³/mol. The molecule has 0 amide bonds. The summed E-state index contributed by atoms with van der Waals surface area (Å²) >= 11 is 1.73. The lowest BCUT2D eigenvalue weighted by Crippen LogP contribution is -2.47. The van der Waals surface area contributed by atoms with Crippen molar-refractivity contribution >= 4 is 16.5 Å². The summed E-state index contributed by atoms with van der Waals surface area (Å²) in [6.45, 7) is 6.06. The van der Waals surface area contributed by atoms with Crippen molar-refractivity contribution in [3.8, 4) is 0 Å². The number of aryl methyl sites for hydroxylation is 1. The Bertz CT molecular complexity index is 635. The Morgan fingerprint density at radius 3 is 2.88 bits per heavy atom. The van der Waals surface area contributed by atoms with Gasteiger partial charge in [0, 0.05) is 62.3 Å². The Balaban J connectivity index is 1.35. The largest absolute Gasteiger partial charge is 0.369 e. The van der Waals surface area contributed by atoms with Gasteiger partial charge in [0.25, 0.3) is 0 Å². The third kappa shape index (κ3) is 3.20. The Morgan fingerprint density at radius 1 is 1.25 bits per heavy atom. The Kier molecular flexibility index (Phi) is 4.82. The van der Waals surface area contributed by atoms with E-state index in [-0.39, 0.29) is 6.10 Å². The third-order valence-electron chi connectivity index (χ3n) is 5.07. The highest BCUT2D eigenvalue weighted by Crippen LogP contribution is 2.30. The fourth-order valence-corrected chi connectivity index (χ4v) is 4.47. The fraction of sp³-hybridized carbons (Fsp3) is 0.647. The molecule has 0 saturated carbocycles. The molecule has 2 fully saturated rings. The van der Waals surface area contributed by atoms with Crippen LogP contribution in [0.15, 0.2) is 24.0 Å². The van der Waals surface area contributed by atoms with E-state index in [9.17, 15) is 0 Å². The molecule has 0 aliphatic carbocycles. The van der Waals surface area contributed by atoms with Crippen molar-refractivity contribution in [3.05, 3.63) is 29.8 Å². The van der Waals surface area contributed by atoms with E-state index < -0.39 is 0 Å². The number of rotatable bonds is 5. The van der Waals surface area contributed by atoms with Crippen LogP contribution in [-0.4, -0.2) is 46.3 Å². The molecule has 0 unspecified atom stereocenters. The SMILES string of the molecule is CCn1ccnc1[C@H]1OCC[C@@H]1NC1CCN(c2nccs2)CC1. The van der Waals surface area contributed by atoms with Crippen LogP contribution in [0.2, 0.25) is 0 Å². The second kappa shape index (κ2) is 7.21. The second-order valence-corrected chi connectivity index (χ2v) is 7.37. The van der Waals surface area contributed by atoms with Crippen LogP contribution in [0.4, 0.5) is 5.13 Å². The summed E-state index contributed by atoms with van der Waals surface area (Å²) in [6, 6.07) is 0.926. The fourth-order valence-electron chi connectivity index (χ4n) is 3.77. The zero-order valence-electron chi connectivity index (χ0n) is 14.1. The third-order valence-corrected chi connectivity index (χ3v) is 5.90. The predicted octanol–water partition coefficient (Wildman–Crippen LogP) is 2.45. The van der Waals surface area contributed by atoms with Crippen molar-refractivity contribution in [2.75, 3.05) is 24.6 Å². The summed E-state index contributed by atoms with van der Waals surface area (Å²) in [4.78, 5) is 11.4. The van der Waals surface area contributed by atoms with E-state index in [4.69, 9.17) is 4.74 Å². The first-order valence-corrected chi connectivity index (χ1v) is 9.76. The number of imidazole rings is 1. The van der Waals surface area contributed by atoms with Crippen LogP contribution in [0.5, 0.6) is 0 Å². The number of nitrogens with zero attached hydrogens (tertiary/aromatic N) is 4. The minimum Gasteiger partial charge on any atom is -0.369 e. The first-order chi connectivity index (χ1) is 11.8. The Morgan fingerprint density at radius 2 is 2.12 bits per heavy atom. The molecule has 7 heteroatoms. The molecule has 6 nitrogen and oxygen atoms in total. The summed E-state index contributed by atoms with van der Waals surface area (Å²) in [6.07, 6.45) is 9.27. The van der Waals surface area contributed by atoms with E-state index in [0.29, 0.717) is 12.1 Å². The molecule has 0 radical (unpaired) electrons. The van der Waals surface area contributed by atoms with Crippen LogP contribution >= 0.6 is 11.3 Å². The van der Waals surface area contributed by atoms with E-state index in [1.807, 2.05) is 18.6 Å². The van der Waals surface area contributed by atoms with Crippen molar-refractivity contribution in [2.24, 2.45) is 0 Å². The van der Waals surface area contributed by atoms with Gasteiger partial charge in [-0.25, -0.2) is 9.97 Å². The van der Waals surface area contributed by atoms with E-state index in [1.165, 1.54) is 0 Å². The average molecular weight is 347 g/mol. The number of hydrogen-bond donors (Lipinski definition) is 1. The molecule has 2 aliphatic heterocycles. The minimum absolute atomic E-state index is 0.0805. The number of aromatic nitrogens is 3. The molecule has 0 bridgehead atoms. The van der Waals surface area contributed by atoms with Gasteiger partial charge in [0.2, 0.25) is 0 Å². The maximum absolute atomic E-state index is 6.01. The van der Waals surface area contributed by atoms with E-state index in [2.05, 4.69) is 37.1 Å². The van der Waals surface area contributed by atoms with E-state index >= 15 is 0 Å². The first-order valence-electron chi connectivity index (χ1n) is 8.88. The quantitative estimate of drug-likeness (QED) is 0.900. The summed E-state index contributed by atoms with van der Waals surface area (Å²) in [5.41, 5.74) is 0. The van der Waals surface area contributed by atoms with Crippen molar-refractivity contribution in [2.45, 2.75) is 50.9 Å². The zero-order valence-corrected chi connectivity index (χ0v) is 14.9. The molecule has 0 spiro atoms. The highest BCUT2D eigenvalue weighted by Gasteiger charge is 2.34. The van der Waals surface area contributed by atoms with Crippen LogP contribution in [0.25, 0.3) is 0 Å². The van der Waals surface area contributed by atoms with Gasteiger partial charge in [0.1, 0.15) is 11.9 Å². The van der Waals surface area contributed by atoms with Crippen LogP contribution in [-0.2, 0) is 11.3 Å². The van der Waals surface area contributed by atoms with Crippen LogP contribution in [0.3, 0.4) is 0 Å². The zero-order chi connectivity index (χ0) is 16.4. The van der Waals surface area contributed by atoms with Crippen molar-refractivity contribution < 1.29 is 4.74 Å². The number of thiazole rings is 1. The highest BCUT2D eigenvalue weighted by atomic mass is 32.1. The van der Waals surface area contributed by atoms with E-state index in [0.717, 1.165) is 56.5 Å². The molecule has 2 aliphatic rings. The van der Waals surface area contributed by atoms with Crippen LogP contribution < -0.4 is 10.2 Å². The summed E-state index contributed by atoms with van der Waals surface area (Å²) < 4.78 is 8.20. The number of hydrogen-bond acceptors (Lipinski definition) is 6. The molecule has 4 heterocycles. The molecule has 24 heavy (non-hydrogen) atoms. The van der Waals surface area contributed by atoms with Gasteiger partial charge in [0.05, 0.1) is 0 Å². The normalized spacial score (nSPS) is 25.5. The Hall–Kier alpha value is -1.44. The summed E-state index contributed by atoms with van der Waals surface area (Å²) in [5, 5.41) is 7.06. The van der Waals surface area contributed by atoms with Gasteiger partial charge in [-0.05, 0) is 26.2 Å². The molecule has 130 valence electrons. The lowest BCUT2D eigenvalue weighted by Gasteiger charge is -2.34. The van der Waals surface area contributed by atoms with Gasteiger partial charge < -0.3 is 19.5 Å². The summed E-state index contributed by atoms with van der Waals surface area (Å²) in [7, 11) is 0. The first kappa shape index (κ1) is 16.1. The second-order valence-electron chi connectivity index (χ2n) is 6.50. The summed E-state index contributed by atoms with van der Waals surface area (Å²) in [5.74, 6) is 1.06. The molecule has 2 atom stereocenters. The Labute approximate surface area is 146 Å². The maximum Gasteiger partial charge on any atom is 0.185 e. The van der Waals surface area contributed by atoms with Gasteiger partial charge in [-0.3, -0.25) is 0 Å². The maximum atomic E-state index is 6.01. The lowest BCUT2D eigenvalue weighted by atomic mass is 10.0. The number of anilines is 1. The topological polar surface area (TPSA) is 55.2 Å². The molecule has 1 N–H and O–H groups in total. The van der Waals surface area contributed by atoms with E-state index in [1.54, 1.807) is 11.3 Å². The smallest absolute Gasteiger partial charge is 0.185 e. The average Bonchev–Trinajstić information content (AvgIpc) is 3.36. The minimum atomic E-state index is 0.0805. The van der Waals surface area contributed by atoms with Gasteiger partial charge in [0.15, 0.2) is 5.13 Å². The van der Waals surface area contributed by atoms with Gasteiger partial charge in [-0.15, -0.1) is 11.3 Å². The molecule has 0 aromatic carbocycles. The lowest BCUT2D eigenvalue weighted by molar-refractivity contribution is 0.0856. The number of nitrogens with one attached hydrogen (secondary N) is 1. The molecule has 2 saturated heterocycles.